The zero-order valence-corrected chi connectivity index (χ0v) is 14.9. The molecule has 3 nitrogen and oxygen atoms in total. The molecular weight excluding hydrogens is 339 g/mol. The number of anilines is 1. The largest absolute Gasteiger partial charge is 0.326 e. The Bertz CT molecular complexity index is 925. The van der Waals surface area contributed by atoms with Crippen molar-refractivity contribution in [2.75, 3.05) is 18.4 Å². The number of hydrogen-bond donors (Lipinski definition) is 2. The third-order valence-electron chi connectivity index (χ3n) is 5.09. The van der Waals surface area contributed by atoms with E-state index in [0.29, 0.717) is 13.1 Å². The molecule has 2 atom stereocenters. The molecule has 0 radical (unpaired) electrons. The molecule has 3 aromatic rings. The Labute approximate surface area is 158 Å². The fourth-order valence-corrected chi connectivity index (χ4v) is 3.66. The van der Waals surface area contributed by atoms with Gasteiger partial charge in [-0.25, -0.2) is 4.39 Å². The summed E-state index contributed by atoms with van der Waals surface area (Å²) < 4.78 is 13.2. The second-order valence-electron chi connectivity index (χ2n) is 6.86. The topological polar surface area (TPSA) is 41.1 Å². The molecular formula is C23H21FN2O. The van der Waals surface area contributed by atoms with Crippen LogP contribution in [0.3, 0.4) is 0 Å². The molecule has 0 spiro atoms. The summed E-state index contributed by atoms with van der Waals surface area (Å²) in [5, 5.41) is 6.34. The fourth-order valence-electron chi connectivity index (χ4n) is 3.66. The van der Waals surface area contributed by atoms with Crippen molar-refractivity contribution in [2.24, 2.45) is 5.92 Å². The monoisotopic (exact) mass is 360 g/mol. The van der Waals surface area contributed by atoms with E-state index in [-0.39, 0.29) is 23.6 Å². The number of hydrogen-bond acceptors (Lipinski definition) is 2. The first-order valence-corrected chi connectivity index (χ1v) is 9.13. The lowest BCUT2D eigenvalue weighted by Gasteiger charge is -2.19. The Kier molecular flexibility index (Phi) is 4.99. The summed E-state index contributed by atoms with van der Waals surface area (Å²) >= 11 is 0. The van der Waals surface area contributed by atoms with E-state index in [2.05, 4.69) is 10.6 Å². The molecule has 4 rings (SSSR count). The van der Waals surface area contributed by atoms with Crippen molar-refractivity contribution in [2.45, 2.75) is 5.92 Å². The van der Waals surface area contributed by atoms with E-state index in [4.69, 9.17) is 0 Å². The normalized spacial score (nSPS) is 19.0. The highest BCUT2D eigenvalue weighted by Crippen LogP contribution is 2.30. The zero-order chi connectivity index (χ0) is 18.6. The highest BCUT2D eigenvalue weighted by molar-refractivity contribution is 5.94. The van der Waals surface area contributed by atoms with Gasteiger partial charge in [-0.2, -0.15) is 0 Å². The van der Waals surface area contributed by atoms with Gasteiger partial charge in [0.2, 0.25) is 5.91 Å². The molecule has 27 heavy (non-hydrogen) atoms. The lowest BCUT2D eigenvalue weighted by atomic mass is 9.88. The van der Waals surface area contributed by atoms with Crippen LogP contribution in [0.5, 0.6) is 0 Å². The maximum absolute atomic E-state index is 13.2. The van der Waals surface area contributed by atoms with Crippen LogP contribution in [0.25, 0.3) is 11.1 Å². The van der Waals surface area contributed by atoms with Crippen LogP contribution in [0.2, 0.25) is 0 Å². The first-order chi connectivity index (χ1) is 13.2. The summed E-state index contributed by atoms with van der Waals surface area (Å²) in [7, 11) is 0. The van der Waals surface area contributed by atoms with Gasteiger partial charge in [-0.05, 0) is 41.0 Å². The summed E-state index contributed by atoms with van der Waals surface area (Å²) in [5.41, 5.74) is 3.94. The van der Waals surface area contributed by atoms with Gasteiger partial charge in [0.15, 0.2) is 0 Å². The quantitative estimate of drug-likeness (QED) is 0.722. The number of nitrogens with one attached hydrogen (secondary N) is 2. The third-order valence-corrected chi connectivity index (χ3v) is 5.09. The summed E-state index contributed by atoms with van der Waals surface area (Å²) in [6.07, 6.45) is 0. The van der Waals surface area contributed by atoms with Crippen LogP contribution in [-0.2, 0) is 4.79 Å². The average molecular weight is 360 g/mol. The van der Waals surface area contributed by atoms with E-state index in [1.807, 2.05) is 54.6 Å². The average Bonchev–Trinajstić information content (AvgIpc) is 3.19. The Hall–Kier alpha value is -2.98. The minimum Gasteiger partial charge on any atom is -0.326 e. The minimum atomic E-state index is -0.261. The standard InChI is InChI=1S/C23H21FN2O/c24-19-11-9-17(10-12-19)21-14-25-15-22(21)23(27)26-20-8-4-7-18(13-20)16-5-2-1-3-6-16/h1-13,21-22,25H,14-15H2,(H,26,27)/t21-,22+/m1/s1. The predicted molar refractivity (Wildman–Crippen MR) is 106 cm³/mol. The van der Waals surface area contributed by atoms with Gasteiger partial charge in [0.1, 0.15) is 5.82 Å². The van der Waals surface area contributed by atoms with E-state index in [9.17, 15) is 9.18 Å². The number of carbonyl (C=O) groups is 1. The molecule has 0 bridgehead atoms. The number of amides is 1. The van der Waals surface area contributed by atoms with Crippen LogP contribution in [0.1, 0.15) is 11.5 Å². The Morgan fingerprint density at radius 2 is 1.63 bits per heavy atom. The van der Waals surface area contributed by atoms with Crippen LogP contribution < -0.4 is 10.6 Å². The molecule has 1 fully saturated rings. The van der Waals surface area contributed by atoms with Crippen molar-refractivity contribution in [1.29, 1.82) is 0 Å². The molecule has 2 N–H and O–H groups in total. The van der Waals surface area contributed by atoms with Crippen LogP contribution >= 0.6 is 0 Å². The number of halogens is 1. The van der Waals surface area contributed by atoms with Gasteiger partial charge in [0, 0.05) is 24.7 Å². The predicted octanol–water partition coefficient (Wildman–Crippen LogP) is 4.43. The minimum absolute atomic E-state index is 0.0143. The molecule has 4 heteroatoms. The number of carbonyl (C=O) groups excluding carboxylic acids is 1. The van der Waals surface area contributed by atoms with Gasteiger partial charge in [0.25, 0.3) is 0 Å². The number of benzene rings is 3. The van der Waals surface area contributed by atoms with Gasteiger partial charge in [-0.15, -0.1) is 0 Å². The van der Waals surface area contributed by atoms with Gasteiger partial charge in [0.05, 0.1) is 5.92 Å². The molecule has 1 amide bonds. The highest BCUT2D eigenvalue weighted by Gasteiger charge is 2.34. The molecule has 0 aromatic heterocycles. The molecule has 0 unspecified atom stereocenters. The van der Waals surface area contributed by atoms with Gasteiger partial charge in [-0.1, -0.05) is 54.6 Å². The van der Waals surface area contributed by atoms with Crippen molar-refractivity contribution >= 4 is 11.6 Å². The molecule has 1 heterocycles. The molecule has 3 aromatic carbocycles. The van der Waals surface area contributed by atoms with Gasteiger partial charge in [-0.3, -0.25) is 4.79 Å². The maximum Gasteiger partial charge on any atom is 0.229 e. The van der Waals surface area contributed by atoms with Crippen LogP contribution in [0, 0.1) is 11.7 Å². The summed E-state index contributed by atoms with van der Waals surface area (Å²) in [6.45, 7) is 1.33. The number of rotatable bonds is 4. The van der Waals surface area contributed by atoms with Gasteiger partial charge >= 0.3 is 0 Å². The van der Waals surface area contributed by atoms with E-state index >= 15 is 0 Å². The molecule has 1 aliphatic rings. The van der Waals surface area contributed by atoms with E-state index in [0.717, 1.165) is 22.4 Å². The molecule has 1 aliphatic heterocycles. The first-order valence-electron chi connectivity index (χ1n) is 9.13. The van der Waals surface area contributed by atoms with Crippen LogP contribution in [0.4, 0.5) is 10.1 Å². The summed E-state index contributed by atoms with van der Waals surface area (Å²) in [5.74, 6) is -0.415. The van der Waals surface area contributed by atoms with Crippen LogP contribution in [-0.4, -0.2) is 19.0 Å². The van der Waals surface area contributed by atoms with Crippen molar-refractivity contribution in [3.05, 3.63) is 90.2 Å². The molecule has 0 aliphatic carbocycles. The van der Waals surface area contributed by atoms with Crippen LogP contribution in [0.15, 0.2) is 78.9 Å². The lowest BCUT2D eigenvalue weighted by molar-refractivity contribution is -0.119. The first kappa shape index (κ1) is 17.4. The SMILES string of the molecule is O=C(Nc1cccc(-c2ccccc2)c1)[C@H]1CNC[C@@H]1c1ccc(F)cc1. The third kappa shape index (κ3) is 3.91. The second kappa shape index (κ2) is 7.72. The fraction of sp³-hybridized carbons (Fsp3) is 0.174. The Balaban J connectivity index is 1.51. The van der Waals surface area contributed by atoms with E-state index in [1.54, 1.807) is 12.1 Å². The van der Waals surface area contributed by atoms with Crippen molar-refractivity contribution < 1.29 is 9.18 Å². The van der Waals surface area contributed by atoms with E-state index in [1.165, 1.54) is 12.1 Å². The summed E-state index contributed by atoms with van der Waals surface area (Å²) in [4.78, 5) is 12.9. The van der Waals surface area contributed by atoms with Crippen molar-refractivity contribution in [1.82, 2.24) is 5.32 Å². The van der Waals surface area contributed by atoms with E-state index < -0.39 is 0 Å². The second-order valence-corrected chi connectivity index (χ2v) is 6.86. The van der Waals surface area contributed by atoms with Crippen molar-refractivity contribution in [3.8, 4) is 11.1 Å². The zero-order valence-electron chi connectivity index (χ0n) is 14.9. The Morgan fingerprint density at radius 3 is 2.41 bits per heavy atom. The van der Waals surface area contributed by atoms with Crippen molar-refractivity contribution in [3.63, 3.8) is 0 Å². The smallest absolute Gasteiger partial charge is 0.229 e. The molecule has 136 valence electrons. The highest BCUT2D eigenvalue weighted by atomic mass is 19.1. The molecule has 1 saturated heterocycles. The summed E-state index contributed by atoms with van der Waals surface area (Å²) in [6, 6.07) is 24.4. The molecule has 0 saturated carbocycles. The van der Waals surface area contributed by atoms with Gasteiger partial charge < -0.3 is 10.6 Å². The maximum atomic E-state index is 13.2. The lowest BCUT2D eigenvalue weighted by Crippen LogP contribution is -2.28. The Morgan fingerprint density at radius 1 is 0.889 bits per heavy atom.